The third kappa shape index (κ3) is 2.18. The van der Waals surface area contributed by atoms with E-state index in [9.17, 15) is 4.39 Å². The summed E-state index contributed by atoms with van der Waals surface area (Å²) in [6.45, 7) is 3.86. The highest BCUT2D eigenvalue weighted by Crippen LogP contribution is 2.24. The van der Waals surface area contributed by atoms with Crippen molar-refractivity contribution in [1.82, 2.24) is 0 Å². The summed E-state index contributed by atoms with van der Waals surface area (Å²) in [7, 11) is 0. The molecule has 0 aliphatic carbocycles. The number of halogens is 1. The van der Waals surface area contributed by atoms with Gasteiger partial charge in [0, 0.05) is 17.7 Å². The second-order valence-electron chi connectivity index (χ2n) is 3.48. The molecule has 0 fully saturated rings. The number of nitrogens with two attached hydrogens (primary N) is 1. The molecule has 0 saturated heterocycles. The van der Waals surface area contributed by atoms with Crippen LogP contribution in [0.25, 0.3) is 0 Å². The van der Waals surface area contributed by atoms with E-state index in [0.29, 0.717) is 5.56 Å². The first-order chi connectivity index (χ1) is 6.02. The van der Waals surface area contributed by atoms with Crippen LogP contribution >= 0.6 is 0 Å². The van der Waals surface area contributed by atoms with Crippen molar-refractivity contribution >= 4 is 0 Å². The van der Waals surface area contributed by atoms with Crippen LogP contribution in [0.2, 0.25) is 0 Å². The molecule has 3 heteroatoms. The molecule has 1 aromatic carbocycles. The molecule has 1 unspecified atom stereocenters. The molecule has 2 nitrogen and oxygen atoms in total. The van der Waals surface area contributed by atoms with Gasteiger partial charge in [-0.05, 0) is 12.0 Å². The van der Waals surface area contributed by atoms with Crippen LogP contribution < -0.4 is 5.73 Å². The minimum absolute atomic E-state index is 0.0720. The van der Waals surface area contributed by atoms with Crippen LogP contribution in [0.3, 0.4) is 0 Å². The molecule has 72 valence electrons. The van der Waals surface area contributed by atoms with Gasteiger partial charge in [0.1, 0.15) is 11.6 Å². The Bertz CT molecular complexity index is 299. The van der Waals surface area contributed by atoms with E-state index in [1.807, 2.05) is 13.8 Å². The Hall–Kier alpha value is -1.09. The van der Waals surface area contributed by atoms with Gasteiger partial charge in [0.05, 0.1) is 0 Å². The molecule has 0 saturated carbocycles. The molecule has 0 amide bonds. The fraction of sp³-hybridized carbons (Fsp3) is 0.400. The van der Waals surface area contributed by atoms with Crippen LogP contribution in [0, 0.1) is 11.7 Å². The van der Waals surface area contributed by atoms with Gasteiger partial charge in [-0.2, -0.15) is 0 Å². The quantitative estimate of drug-likeness (QED) is 0.738. The first-order valence-corrected chi connectivity index (χ1v) is 4.26. The van der Waals surface area contributed by atoms with E-state index >= 15 is 0 Å². The lowest BCUT2D eigenvalue weighted by Crippen LogP contribution is -2.17. The summed E-state index contributed by atoms with van der Waals surface area (Å²) in [5, 5.41) is 8.98. The summed E-state index contributed by atoms with van der Waals surface area (Å²) in [6, 6.07) is 3.73. The van der Waals surface area contributed by atoms with E-state index in [1.165, 1.54) is 12.1 Å². The van der Waals surface area contributed by atoms with Crippen molar-refractivity contribution in [2.45, 2.75) is 19.9 Å². The van der Waals surface area contributed by atoms with Gasteiger partial charge in [-0.25, -0.2) is 4.39 Å². The Morgan fingerprint density at radius 3 is 2.46 bits per heavy atom. The second-order valence-corrected chi connectivity index (χ2v) is 3.48. The lowest BCUT2D eigenvalue weighted by atomic mass is 9.96. The lowest BCUT2D eigenvalue weighted by molar-refractivity contribution is 0.456. The summed E-state index contributed by atoms with van der Waals surface area (Å²) < 4.78 is 13.2. The summed E-state index contributed by atoms with van der Waals surface area (Å²) in [4.78, 5) is 0. The van der Waals surface area contributed by atoms with Gasteiger partial charge in [0.2, 0.25) is 0 Å². The molecule has 0 aliphatic heterocycles. The van der Waals surface area contributed by atoms with Crippen molar-refractivity contribution in [3.63, 3.8) is 0 Å². The van der Waals surface area contributed by atoms with Crippen LogP contribution in [-0.2, 0) is 0 Å². The van der Waals surface area contributed by atoms with Crippen molar-refractivity contribution in [2.75, 3.05) is 0 Å². The maximum Gasteiger partial charge on any atom is 0.131 e. The number of aromatic hydroxyl groups is 1. The zero-order valence-electron chi connectivity index (χ0n) is 7.79. The van der Waals surface area contributed by atoms with Crippen LogP contribution in [0.5, 0.6) is 5.75 Å². The fourth-order valence-corrected chi connectivity index (χ4v) is 1.15. The predicted octanol–water partition coefficient (Wildman–Crippen LogP) is 2.19. The highest BCUT2D eigenvalue weighted by Gasteiger charge is 2.14. The molecule has 0 radical (unpaired) electrons. The zero-order chi connectivity index (χ0) is 10.0. The number of hydrogen-bond donors (Lipinski definition) is 2. The summed E-state index contributed by atoms with van der Waals surface area (Å²) >= 11 is 0. The Balaban J connectivity index is 3.01. The van der Waals surface area contributed by atoms with Crippen LogP contribution in [-0.4, -0.2) is 5.11 Å². The first kappa shape index (κ1) is 9.99. The molecular formula is C10H14FNO. The Morgan fingerprint density at radius 2 is 2.00 bits per heavy atom. The Kier molecular flexibility index (Phi) is 2.88. The van der Waals surface area contributed by atoms with E-state index in [1.54, 1.807) is 0 Å². The molecule has 13 heavy (non-hydrogen) atoms. The predicted molar refractivity (Wildman–Crippen MR) is 49.8 cm³/mol. The van der Waals surface area contributed by atoms with E-state index in [2.05, 4.69) is 0 Å². The normalized spacial score (nSPS) is 13.3. The maximum atomic E-state index is 13.2. The lowest BCUT2D eigenvalue weighted by Gasteiger charge is -2.16. The van der Waals surface area contributed by atoms with E-state index in [0.717, 1.165) is 6.07 Å². The van der Waals surface area contributed by atoms with Crippen molar-refractivity contribution in [2.24, 2.45) is 11.7 Å². The summed E-state index contributed by atoms with van der Waals surface area (Å²) in [5.74, 6) is -0.336. The van der Waals surface area contributed by atoms with Gasteiger partial charge in [0.15, 0.2) is 0 Å². The average molecular weight is 183 g/mol. The minimum atomic E-state index is -0.443. The Morgan fingerprint density at radius 1 is 1.38 bits per heavy atom. The molecule has 0 aromatic heterocycles. The van der Waals surface area contributed by atoms with Crippen molar-refractivity contribution in [3.8, 4) is 5.75 Å². The monoisotopic (exact) mass is 183 g/mol. The summed E-state index contributed by atoms with van der Waals surface area (Å²) in [6.07, 6.45) is 0. The molecule has 1 atom stereocenters. The molecule has 0 heterocycles. The summed E-state index contributed by atoms with van der Waals surface area (Å²) in [5.41, 5.74) is 6.22. The van der Waals surface area contributed by atoms with Gasteiger partial charge in [0.25, 0.3) is 0 Å². The molecule has 1 aromatic rings. The second kappa shape index (κ2) is 3.75. The largest absolute Gasteiger partial charge is 0.508 e. The van der Waals surface area contributed by atoms with Crippen molar-refractivity contribution in [1.29, 1.82) is 0 Å². The zero-order valence-corrected chi connectivity index (χ0v) is 7.79. The minimum Gasteiger partial charge on any atom is -0.508 e. The van der Waals surface area contributed by atoms with Crippen molar-refractivity contribution in [3.05, 3.63) is 29.6 Å². The Labute approximate surface area is 77.2 Å². The fourth-order valence-electron chi connectivity index (χ4n) is 1.15. The van der Waals surface area contributed by atoms with Gasteiger partial charge in [-0.1, -0.05) is 19.9 Å². The number of hydrogen-bond acceptors (Lipinski definition) is 2. The van der Waals surface area contributed by atoms with Crippen LogP contribution in [0.4, 0.5) is 4.39 Å². The SMILES string of the molecule is CC(C)C(N)c1ccc(O)cc1F. The standard InChI is InChI=1S/C10H14FNO/c1-6(2)10(12)8-4-3-7(13)5-9(8)11/h3-6,10,13H,12H2,1-2H3. The van der Waals surface area contributed by atoms with Gasteiger partial charge in [-0.3, -0.25) is 0 Å². The number of benzene rings is 1. The molecular weight excluding hydrogens is 169 g/mol. The number of phenols is 1. The first-order valence-electron chi connectivity index (χ1n) is 4.26. The third-order valence-electron chi connectivity index (χ3n) is 2.06. The maximum absolute atomic E-state index is 13.2. The molecule has 0 aliphatic rings. The average Bonchev–Trinajstić information content (AvgIpc) is 2.03. The van der Waals surface area contributed by atoms with E-state index in [-0.39, 0.29) is 17.7 Å². The van der Waals surface area contributed by atoms with Crippen LogP contribution in [0.15, 0.2) is 18.2 Å². The topological polar surface area (TPSA) is 46.2 Å². The van der Waals surface area contributed by atoms with Gasteiger partial charge < -0.3 is 10.8 Å². The van der Waals surface area contributed by atoms with Gasteiger partial charge >= 0.3 is 0 Å². The molecule has 1 rings (SSSR count). The smallest absolute Gasteiger partial charge is 0.131 e. The number of phenolic OH excluding ortho intramolecular Hbond substituents is 1. The molecule has 0 spiro atoms. The van der Waals surface area contributed by atoms with E-state index in [4.69, 9.17) is 10.8 Å². The van der Waals surface area contributed by atoms with E-state index < -0.39 is 5.82 Å². The molecule has 3 N–H and O–H groups in total. The third-order valence-corrected chi connectivity index (χ3v) is 2.06. The van der Waals surface area contributed by atoms with Crippen LogP contribution in [0.1, 0.15) is 25.5 Å². The highest BCUT2D eigenvalue weighted by atomic mass is 19.1. The highest BCUT2D eigenvalue weighted by molar-refractivity contribution is 5.29. The van der Waals surface area contributed by atoms with Gasteiger partial charge in [-0.15, -0.1) is 0 Å². The number of rotatable bonds is 2. The van der Waals surface area contributed by atoms with Crippen molar-refractivity contribution < 1.29 is 9.50 Å². The molecule has 0 bridgehead atoms.